The highest BCUT2D eigenvalue weighted by atomic mass is 32.2. The van der Waals surface area contributed by atoms with Crippen LogP contribution in [-0.2, 0) is 17.5 Å². The van der Waals surface area contributed by atoms with Gasteiger partial charge in [-0.1, -0.05) is 18.6 Å². The van der Waals surface area contributed by atoms with Crippen molar-refractivity contribution in [3.05, 3.63) is 70.8 Å². The van der Waals surface area contributed by atoms with Crippen LogP contribution in [-0.4, -0.2) is 52.3 Å². The number of carbonyl (C=O) groups excluding carboxylic acids is 1. The van der Waals surface area contributed by atoms with Crippen LogP contribution in [0.3, 0.4) is 0 Å². The van der Waals surface area contributed by atoms with Crippen LogP contribution >= 0.6 is 11.8 Å². The van der Waals surface area contributed by atoms with E-state index in [0.717, 1.165) is 23.6 Å². The molecule has 4 rings (SSSR count). The quantitative estimate of drug-likeness (QED) is 0.226. The first-order valence-electron chi connectivity index (χ1n) is 13.9. The monoisotopic (exact) mass is 603 g/mol. The van der Waals surface area contributed by atoms with E-state index in [1.807, 2.05) is 37.1 Å². The standard InChI is InChI=1S/C30H36F3N5O3S/c1-6-23-15-26(27-25(9-8-20(4)36-27)38(23)29(39)40-7-2)37(28-34-16-24(17-35-28)41-10-11-42-5)18-21-12-19(3)13-22(14-21)30(31,32)33/h8-9,12-14,16-17,23,26H,6-7,10-11,15,18H2,1-5H3/t23-,26+/m1/s1. The van der Waals surface area contributed by atoms with Crippen LogP contribution in [0.5, 0.6) is 5.75 Å². The molecule has 2 atom stereocenters. The number of carbonyl (C=O) groups is 1. The molecular weight excluding hydrogens is 567 g/mol. The molecule has 3 aromatic rings. The summed E-state index contributed by atoms with van der Waals surface area (Å²) < 4.78 is 52.3. The van der Waals surface area contributed by atoms with Gasteiger partial charge in [-0.05, 0) is 69.7 Å². The van der Waals surface area contributed by atoms with E-state index >= 15 is 0 Å². The van der Waals surface area contributed by atoms with Gasteiger partial charge in [-0.3, -0.25) is 9.88 Å². The molecule has 1 aromatic carbocycles. The fourth-order valence-corrected chi connectivity index (χ4v) is 5.41. The Kier molecular flexibility index (Phi) is 10.2. The number of benzene rings is 1. The molecule has 0 saturated heterocycles. The number of ether oxygens (including phenoxy) is 2. The lowest BCUT2D eigenvalue weighted by atomic mass is 9.91. The molecule has 0 fully saturated rings. The van der Waals surface area contributed by atoms with E-state index in [0.29, 0.717) is 53.7 Å². The average Bonchev–Trinajstić information content (AvgIpc) is 2.95. The van der Waals surface area contributed by atoms with E-state index in [2.05, 4.69) is 9.97 Å². The summed E-state index contributed by atoms with van der Waals surface area (Å²) in [6.07, 6.45) is 1.26. The van der Waals surface area contributed by atoms with Gasteiger partial charge in [0.05, 0.1) is 48.6 Å². The molecule has 226 valence electrons. The number of aryl methyl sites for hydroxylation is 2. The summed E-state index contributed by atoms with van der Waals surface area (Å²) in [5, 5.41) is 0. The van der Waals surface area contributed by atoms with Gasteiger partial charge in [-0.25, -0.2) is 14.8 Å². The van der Waals surface area contributed by atoms with Crippen molar-refractivity contribution in [3.8, 4) is 5.75 Å². The van der Waals surface area contributed by atoms with Gasteiger partial charge in [0.15, 0.2) is 5.75 Å². The van der Waals surface area contributed by atoms with E-state index in [-0.39, 0.29) is 19.2 Å². The molecule has 0 N–H and O–H groups in total. The Morgan fingerprint density at radius 3 is 2.52 bits per heavy atom. The number of rotatable bonds is 10. The topological polar surface area (TPSA) is 80.7 Å². The highest BCUT2D eigenvalue weighted by molar-refractivity contribution is 7.98. The number of alkyl halides is 3. The van der Waals surface area contributed by atoms with Crippen molar-refractivity contribution in [2.24, 2.45) is 0 Å². The number of hydrogen-bond donors (Lipinski definition) is 0. The van der Waals surface area contributed by atoms with Crippen molar-refractivity contribution in [3.63, 3.8) is 0 Å². The zero-order chi connectivity index (χ0) is 30.4. The van der Waals surface area contributed by atoms with E-state index in [9.17, 15) is 18.0 Å². The molecule has 0 aliphatic carbocycles. The second-order valence-electron chi connectivity index (χ2n) is 10.1. The average molecular weight is 604 g/mol. The first-order chi connectivity index (χ1) is 20.0. The molecule has 0 saturated carbocycles. The number of anilines is 2. The van der Waals surface area contributed by atoms with E-state index in [1.54, 1.807) is 49.0 Å². The lowest BCUT2D eigenvalue weighted by Gasteiger charge is -2.43. The number of nitrogens with zero attached hydrogens (tertiary/aromatic N) is 5. The van der Waals surface area contributed by atoms with Crippen molar-refractivity contribution >= 4 is 29.5 Å². The van der Waals surface area contributed by atoms with Gasteiger partial charge >= 0.3 is 12.3 Å². The number of hydrogen-bond acceptors (Lipinski definition) is 8. The summed E-state index contributed by atoms with van der Waals surface area (Å²) in [6.45, 7) is 8.05. The van der Waals surface area contributed by atoms with E-state index < -0.39 is 23.9 Å². The Labute approximate surface area is 248 Å². The number of amides is 1. The van der Waals surface area contributed by atoms with Gasteiger partial charge in [0.2, 0.25) is 5.95 Å². The van der Waals surface area contributed by atoms with Gasteiger partial charge in [0, 0.05) is 24.0 Å². The largest absolute Gasteiger partial charge is 0.489 e. The van der Waals surface area contributed by atoms with Crippen molar-refractivity contribution in [1.82, 2.24) is 15.0 Å². The molecule has 8 nitrogen and oxygen atoms in total. The molecular formula is C30H36F3N5O3S. The van der Waals surface area contributed by atoms with Crippen molar-refractivity contribution in [1.29, 1.82) is 0 Å². The normalized spacial score (nSPS) is 16.6. The van der Waals surface area contributed by atoms with Gasteiger partial charge in [0.25, 0.3) is 0 Å². The van der Waals surface area contributed by atoms with E-state index in [4.69, 9.17) is 14.5 Å². The molecule has 0 radical (unpaired) electrons. The minimum Gasteiger partial charge on any atom is -0.489 e. The van der Waals surface area contributed by atoms with Gasteiger partial charge in [-0.15, -0.1) is 0 Å². The highest BCUT2D eigenvalue weighted by Gasteiger charge is 2.41. The van der Waals surface area contributed by atoms with Crippen LogP contribution in [0.4, 0.5) is 29.6 Å². The number of thioether (sulfide) groups is 1. The minimum atomic E-state index is -4.48. The maximum atomic E-state index is 13.7. The Hall–Kier alpha value is -3.54. The molecule has 0 bridgehead atoms. The first-order valence-corrected chi connectivity index (χ1v) is 15.3. The summed E-state index contributed by atoms with van der Waals surface area (Å²) in [6, 6.07) is 7.03. The lowest BCUT2D eigenvalue weighted by molar-refractivity contribution is -0.137. The zero-order valence-corrected chi connectivity index (χ0v) is 25.3. The third kappa shape index (κ3) is 7.26. The van der Waals surface area contributed by atoms with Crippen molar-refractivity contribution in [2.75, 3.05) is 35.0 Å². The predicted molar refractivity (Wildman–Crippen MR) is 158 cm³/mol. The lowest BCUT2D eigenvalue weighted by Crippen LogP contribution is -2.48. The summed E-state index contributed by atoms with van der Waals surface area (Å²) in [5.41, 5.74) is 2.20. The van der Waals surface area contributed by atoms with Gasteiger partial charge < -0.3 is 14.4 Å². The van der Waals surface area contributed by atoms with Crippen LogP contribution < -0.4 is 14.5 Å². The molecule has 12 heteroatoms. The molecule has 1 aliphatic rings. The summed E-state index contributed by atoms with van der Waals surface area (Å²) in [5.74, 6) is 1.63. The van der Waals surface area contributed by atoms with Crippen LogP contribution in [0.1, 0.15) is 60.8 Å². The maximum Gasteiger partial charge on any atom is 0.416 e. The Morgan fingerprint density at radius 2 is 1.88 bits per heavy atom. The van der Waals surface area contributed by atoms with Gasteiger partial charge in [0.1, 0.15) is 0 Å². The zero-order valence-electron chi connectivity index (χ0n) is 24.4. The molecule has 0 spiro atoms. The number of halogens is 3. The fourth-order valence-electron chi connectivity index (χ4n) is 5.16. The molecule has 3 heterocycles. The second-order valence-corrected chi connectivity index (χ2v) is 11.1. The van der Waals surface area contributed by atoms with Crippen molar-refractivity contribution < 1.29 is 27.4 Å². The number of fused-ring (bicyclic) bond motifs is 1. The third-order valence-corrected chi connectivity index (χ3v) is 7.61. The highest BCUT2D eigenvalue weighted by Crippen LogP contribution is 2.43. The Balaban J connectivity index is 1.82. The second kappa shape index (κ2) is 13.6. The molecule has 42 heavy (non-hydrogen) atoms. The molecule has 1 amide bonds. The summed E-state index contributed by atoms with van der Waals surface area (Å²) in [4.78, 5) is 30.6. The predicted octanol–water partition coefficient (Wildman–Crippen LogP) is 7.14. The molecule has 1 aliphatic heterocycles. The van der Waals surface area contributed by atoms with Crippen LogP contribution in [0, 0.1) is 13.8 Å². The van der Waals surface area contributed by atoms with Crippen LogP contribution in [0.15, 0.2) is 42.7 Å². The number of aromatic nitrogens is 3. The number of pyridine rings is 1. The SMILES string of the molecule is CCOC(=O)N1c2ccc(C)nc2[C@@H](N(Cc2cc(C)cc(C(F)(F)F)c2)c2ncc(OCCSC)cn2)C[C@H]1CC. The fraction of sp³-hybridized carbons (Fsp3) is 0.467. The summed E-state index contributed by atoms with van der Waals surface area (Å²) >= 11 is 1.66. The third-order valence-electron chi connectivity index (χ3n) is 7.03. The van der Waals surface area contributed by atoms with Gasteiger partial charge in [-0.2, -0.15) is 24.9 Å². The summed E-state index contributed by atoms with van der Waals surface area (Å²) in [7, 11) is 0. The minimum absolute atomic E-state index is 0.0903. The van der Waals surface area contributed by atoms with Crippen molar-refractivity contribution in [2.45, 2.75) is 65.3 Å². The Bertz CT molecular complexity index is 1370. The van der Waals surface area contributed by atoms with E-state index in [1.165, 1.54) is 0 Å². The molecule has 2 aromatic heterocycles. The smallest absolute Gasteiger partial charge is 0.416 e. The van der Waals surface area contributed by atoms with Crippen LogP contribution in [0.2, 0.25) is 0 Å². The maximum absolute atomic E-state index is 13.7. The Morgan fingerprint density at radius 1 is 1.14 bits per heavy atom. The van der Waals surface area contributed by atoms with Crippen LogP contribution in [0.25, 0.3) is 0 Å². The molecule has 0 unspecified atom stereocenters. The first kappa shape index (κ1) is 31.4.